The van der Waals surface area contributed by atoms with E-state index in [0.717, 1.165) is 21.0 Å². The van der Waals surface area contributed by atoms with Crippen molar-refractivity contribution in [3.05, 3.63) is 77.4 Å². The minimum Gasteiger partial charge on any atom is -0.495 e. The van der Waals surface area contributed by atoms with E-state index >= 15 is 0 Å². The number of carbonyl (C=O) groups excluding carboxylic acids is 1. The van der Waals surface area contributed by atoms with E-state index in [1.165, 1.54) is 44.5 Å². The number of anilines is 2. The van der Waals surface area contributed by atoms with Gasteiger partial charge in [0.2, 0.25) is 15.9 Å². The quantitative estimate of drug-likeness (QED) is 0.400. The highest BCUT2D eigenvalue weighted by Crippen LogP contribution is 2.33. The fraction of sp³-hybridized carbons (Fsp3) is 0.269. The molecule has 0 radical (unpaired) electrons. The molecule has 0 spiro atoms. The number of amides is 1. The Hall–Kier alpha value is -3.41. The van der Waals surface area contributed by atoms with Crippen LogP contribution in [0.15, 0.2) is 70.5 Å². The molecule has 0 atom stereocenters. The summed E-state index contributed by atoms with van der Waals surface area (Å²) in [5.41, 5.74) is 3.69. The number of sulfonamides is 2. The van der Waals surface area contributed by atoms with Crippen LogP contribution in [0.25, 0.3) is 0 Å². The summed E-state index contributed by atoms with van der Waals surface area (Å²) in [5.74, 6) is -0.147. The number of nitrogens with zero attached hydrogens (tertiary/aromatic N) is 1. The molecule has 0 bridgehead atoms. The lowest BCUT2D eigenvalue weighted by Crippen LogP contribution is -2.29. The first kappa shape index (κ1) is 28.2. The van der Waals surface area contributed by atoms with Crippen LogP contribution in [0.3, 0.4) is 0 Å². The summed E-state index contributed by atoms with van der Waals surface area (Å²) in [6.45, 7) is 5.63. The third kappa shape index (κ3) is 6.48. The van der Waals surface area contributed by atoms with Crippen LogP contribution in [0.4, 0.5) is 11.4 Å². The lowest BCUT2D eigenvalue weighted by atomic mass is 10.1. The number of hydrogen-bond acceptors (Lipinski definition) is 6. The maximum atomic E-state index is 13.1. The van der Waals surface area contributed by atoms with E-state index in [2.05, 4.69) is 10.0 Å². The molecule has 0 aliphatic heterocycles. The highest BCUT2D eigenvalue weighted by atomic mass is 32.2. The topological polar surface area (TPSA) is 122 Å². The molecule has 3 aromatic rings. The minimum absolute atomic E-state index is 0.0519. The van der Waals surface area contributed by atoms with Gasteiger partial charge in [0.25, 0.3) is 10.0 Å². The summed E-state index contributed by atoms with van der Waals surface area (Å²) in [7, 11) is -5.33. The Bertz CT molecular complexity index is 1480. The number of hydrogen-bond donors (Lipinski definition) is 2. The summed E-state index contributed by atoms with van der Waals surface area (Å²) in [5, 5.41) is 2.84. The zero-order chi connectivity index (χ0) is 27.4. The standard InChI is InChI=1S/C26H31N3O6S2/c1-18-15-19(2)26(20(3)16-18)28-25(30)13-14-27-36(31,32)22-11-12-24(35-5)23(17-22)29(4)37(33,34)21-9-7-6-8-10-21/h6-12,15-17,27H,13-14H2,1-5H3,(H,28,30). The maximum Gasteiger partial charge on any atom is 0.264 e. The molecule has 0 fully saturated rings. The van der Waals surface area contributed by atoms with Crippen LogP contribution in [-0.4, -0.2) is 43.4 Å². The molecule has 2 N–H and O–H groups in total. The van der Waals surface area contributed by atoms with Crippen LogP contribution in [0.1, 0.15) is 23.1 Å². The predicted molar refractivity (Wildman–Crippen MR) is 144 cm³/mol. The van der Waals surface area contributed by atoms with Crippen molar-refractivity contribution < 1.29 is 26.4 Å². The average Bonchev–Trinajstić information content (AvgIpc) is 2.85. The first-order valence-electron chi connectivity index (χ1n) is 11.5. The Kier molecular flexibility index (Phi) is 8.62. The van der Waals surface area contributed by atoms with Gasteiger partial charge in [-0.3, -0.25) is 9.10 Å². The average molecular weight is 546 g/mol. The molecule has 0 aliphatic carbocycles. The number of methoxy groups -OCH3 is 1. The lowest BCUT2D eigenvalue weighted by molar-refractivity contribution is -0.116. The summed E-state index contributed by atoms with van der Waals surface area (Å²) >= 11 is 0. The van der Waals surface area contributed by atoms with E-state index in [1.807, 2.05) is 32.9 Å². The molecule has 3 rings (SSSR count). The number of carbonyl (C=O) groups is 1. The largest absolute Gasteiger partial charge is 0.495 e. The zero-order valence-electron chi connectivity index (χ0n) is 21.4. The number of ether oxygens (including phenoxy) is 1. The molecule has 0 unspecified atom stereocenters. The van der Waals surface area contributed by atoms with Gasteiger partial charge >= 0.3 is 0 Å². The van der Waals surface area contributed by atoms with E-state index in [-0.39, 0.29) is 40.1 Å². The highest BCUT2D eigenvalue weighted by molar-refractivity contribution is 7.92. The van der Waals surface area contributed by atoms with Gasteiger partial charge < -0.3 is 10.1 Å². The van der Waals surface area contributed by atoms with E-state index < -0.39 is 20.0 Å². The van der Waals surface area contributed by atoms with Gasteiger partial charge in [-0.2, -0.15) is 0 Å². The smallest absolute Gasteiger partial charge is 0.264 e. The fourth-order valence-electron chi connectivity index (χ4n) is 3.92. The van der Waals surface area contributed by atoms with Crippen LogP contribution in [0.2, 0.25) is 0 Å². The van der Waals surface area contributed by atoms with Crippen molar-refractivity contribution in [3.63, 3.8) is 0 Å². The normalized spacial score (nSPS) is 11.7. The summed E-state index contributed by atoms with van der Waals surface area (Å²) in [6, 6.07) is 15.6. The molecule has 198 valence electrons. The van der Waals surface area contributed by atoms with Gasteiger partial charge in [0.1, 0.15) is 5.75 Å². The molecule has 0 saturated carbocycles. The van der Waals surface area contributed by atoms with Gasteiger partial charge in [-0.1, -0.05) is 35.9 Å². The Morgan fingerprint density at radius 1 is 0.892 bits per heavy atom. The van der Waals surface area contributed by atoms with Gasteiger partial charge in [0, 0.05) is 25.7 Å². The molecule has 9 nitrogen and oxygen atoms in total. The third-order valence-corrected chi connectivity index (χ3v) is 9.03. The van der Waals surface area contributed by atoms with Crippen molar-refractivity contribution in [1.82, 2.24) is 4.72 Å². The Labute approximate surface area is 218 Å². The Morgan fingerprint density at radius 3 is 2.11 bits per heavy atom. The van der Waals surface area contributed by atoms with E-state index in [9.17, 15) is 21.6 Å². The first-order chi connectivity index (χ1) is 17.4. The second-order valence-electron chi connectivity index (χ2n) is 8.59. The molecular formula is C26H31N3O6S2. The molecule has 0 saturated heterocycles. The van der Waals surface area contributed by atoms with E-state index in [0.29, 0.717) is 5.69 Å². The fourth-order valence-corrected chi connectivity index (χ4v) is 6.19. The van der Waals surface area contributed by atoms with Gasteiger partial charge in [-0.25, -0.2) is 21.6 Å². The first-order valence-corrected chi connectivity index (χ1v) is 14.4. The van der Waals surface area contributed by atoms with Gasteiger partial charge in [0.05, 0.1) is 22.6 Å². The second-order valence-corrected chi connectivity index (χ2v) is 12.3. The van der Waals surface area contributed by atoms with Gasteiger partial charge in [-0.15, -0.1) is 0 Å². The van der Waals surface area contributed by atoms with Crippen molar-refractivity contribution in [2.75, 3.05) is 30.3 Å². The lowest BCUT2D eigenvalue weighted by Gasteiger charge is -2.22. The molecule has 0 aromatic heterocycles. The number of nitrogens with one attached hydrogen (secondary N) is 2. The van der Waals surface area contributed by atoms with E-state index in [4.69, 9.17) is 4.74 Å². The molecule has 0 heterocycles. The SMILES string of the molecule is COc1ccc(S(=O)(=O)NCCC(=O)Nc2c(C)cc(C)cc2C)cc1N(C)S(=O)(=O)c1ccccc1. The van der Waals surface area contributed by atoms with Gasteiger partial charge in [-0.05, 0) is 62.2 Å². The molecule has 1 amide bonds. The highest BCUT2D eigenvalue weighted by Gasteiger charge is 2.26. The summed E-state index contributed by atoms with van der Waals surface area (Å²) in [4.78, 5) is 12.3. The van der Waals surface area contributed by atoms with Crippen LogP contribution in [0.5, 0.6) is 5.75 Å². The molecule has 0 aliphatic rings. The minimum atomic E-state index is -4.05. The van der Waals surface area contributed by atoms with Crippen LogP contribution in [0, 0.1) is 20.8 Å². The summed E-state index contributed by atoms with van der Waals surface area (Å²) in [6.07, 6.45) is -0.0860. The zero-order valence-corrected chi connectivity index (χ0v) is 23.0. The van der Waals surface area contributed by atoms with Crippen molar-refractivity contribution in [2.45, 2.75) is 37.0 Å². The van der Waals surface area contributed by atoms with Gasteiger partial charge in [0.15, 0.2) is 0 Å². The molecule has 37 heavy (non-hydrogen) atoms. The monoisotopic (exact) mass is 545 g/mol. The predicted octanol–water partition coefficient (Wildman–Crippen LogP) is 3.75. The van der Waals surface area contributed by atoms with Crippen LogP contribution < -0.4 is 19.1 Å². The van der Waals surface area contributed by atoms with Crippen molar-refractivity contribution in [3.8, 4) is 5.75 Å². The Balaban J connectivity index is 1.75. The van der Waals surface area contributed by atoms with Crippen molar-refractivity contribution >= 4 is 37.3 Å². The molecular weight excluding hydrogens is 514 g/mol. The van der Waals surface area contributed by atoms with Crippen LogP contribution >= 0.6 is 0 Å². The number of benzene rings is 3. The summed E-state index contributed by atoms with van der Waals surface area (Å²) < 4.78 is 60.8. The molecule has 3 aromatic carbocycles. The second kappa shape index (κ2) is 11.3. The number of aryl methyl sites for hydroxylation is 3. The van der Waals surface area contributed by atoms with Crippen LogP contribution in [-0.2, 0) is 24.8 Å². The van der Waals surface area contributed by atoms with Crippen molar-refractivity contribution in [2.24, 2.45) is 0 Å². The van der Waals surface area contributed by atoms with E-state index in [1.54, 1.807) is 18.2 Å². The Morgan fingerprint density at radius 2 is 1.51 bits per heavy atom. The maximum absolute atomic E-state index is 13.1. The molecule has 11 heteroatoms. The number of rotatable bonds is 10. The third-order valence-electron chi connectivity index (χ3n) is 5.79. The van der Waals surface area contributed by atoms with Crippen molar-refractivity contribution in [1.29, 1.82) is 0 Å².